The minimum Gasteiger partial charge on any atom is -0.505 e. The van der Waals surface area contributed by atoms with Gasteiger partial charge in [-0.3, -0.25) is 5.32 Å². The molecule has 0 aliphatic rings. The number of carbonyl (C=O) groups is 1. The Kier molecular flexibility index (Phi) is 6.73. The van der Waals surface area contributed by atoms with Crippen LogP contribution in [0.4, 0.5) is 4.79 Å². The second-order valence-corrected chi connectivity index (χ2v) is 1.88. The molecule has 0 spiro atoms. The lowest BCUT2D eigenvalue weighted by Gasteiger charge is -1.94. The number of allylic oxidation sites excluding steroid dienone is 2. The van der Waals surface area contributed by atoms with Gasteiger partial charge in [0.25, 0.3) is 0 Å². The normalized spacial score (nSPS) is 10.5. The van der Waals surface area contributed by atoms with Gasteiger partial charge in [0.2, 0.25) is 0 Å². The van der Waals surface area contributed by atoms with E-state index in [9.17, 15) is 4.79 Å². The Morgan fingerprint density at radius 1 is 1.42 bits per heavy atom. The zero-order valence-corrected chi connectivity index (χ0v) is 7.24. The van der Waals surface area contributed by atoms with Crippen LogP contribution in [0.15, 0.2) is 24.6 Å². The molecule has 0 atom stereocenters. The second kappa shape index (κ2) is 7.65. The molecule has 4 heteroatoms. The van der Waals surface area contributed by atoms with Crippen LogP contribution in [0.2, 0.25) is 0 Å². The molecule has 0 rings (SSSR count). The lowest BCUT2D eigenvalue weighted by molar-refractivity contribution is 0.175. The molecule has 0 unspecified atom stereocenters. The van der Waals surface area contributed by atoms with Crippen LogP contribution < -0.4 is 5.32 Å². The molecule has 0 radical (unpaired) electrons. The summed E-state index contributed by atoms with van der Waals surface area (Å²) in [5.74, 6) is 0. The van der Waals surface area contributed by atoms with Crippen LogP contribution in [0.5, 0.6) is 0 Å². The summed E-state index contributed by atoms with van der Waals surface area (Å²) < 4.78 is 9.00. The smallest absolute Gasteiger partial charge is 0.410 e. The Labute approximate surface area is 71.9 Å². The van der Waals surface area contributed by atoms with Gasteiger partial charge in [-0.25, -0.2) is 4.79 Å². The lowest BCUT2D eigenvalue weighted by Crippen LogP contribution is -2.15. The molecule has 0 aromatic heterocycles. The van der Waals surface area contributed by atoms with Gasteiger partial charge in [0.15, 0.2) is 0 Å². The average molecular weight is 171 g/mol. The number of rotatable bonds is 4. The van der Waals surface area contributed by atoms with Gasteiger partial charge in [-0.2, -0.15) is 0 Å². The monoisotopic (exact) mass is 171 g/mol. The number of amides is 1. The fourth-order valence-electron chi connectivity index (χ4n) is 0.484. The van der Waals surface area contributed by atoms with Crippen molar-refractivity contribution in [1.82, 2.24) is 5.32 Å². The molecule has 0 aliphatic heterocycles. The van der Waals surface area contributed by atoms with Crippen LogP contribution in [-0.4, -0.2) is 20.3 Å². The second-order valence-electron chi connectivity index (χ2n) is 1.88. The fraction of sp³-hybridized carbons (Fsp3) is 0.375. The minimum atomic E-state index is -0.470. The van der Waals surface area contributed by atoms with Crippen molar-refractivity contribution in [2.45, 2.75) is 6.42 Å². The van der Waals surface area contributed by atoms with Crippen LogP contribution in [0.25, 0.3) is 0 Å². The molecule has 4 nitrogen and oxygen atoms in total. The zero-order chi connectivity index (χ0) is 9.23. The lowest BCUT2D eigenvalue weighted by atomic mass is 10.4. The number of methoxy groups -OCH3 is 2. The van der Waals surface area contributed by atoms with Crippen molar-refractivity contribution >= 4 is 6.09 Å². The standard InChI is InChI=1S/C8H13NO3/c1-11-7-5-3-4-6-9-8(10)12-2/h4-7H,3H2,1-2H3,(H,9,10)/b6-4-,7-5+. The van der Waals surface area contributed by atoms with Crippen molar-refractivity contribution in [1.29, 1.82) is 0 Å². The topological polar surface area (TPSA) is 47.6 Å². The highest BCUT2D eigenvalue weighted by Crippen LogP contribution is 1.84. The molecular weight excluding hydrogens is 158 g/mol. The Hall–Kier alpha value is -1.45. The van der Waals surface area contributed by atoms with Gasteiger partial charge < -0.3 is 9.47 Å². The van der Waals surface area contributed by atoms with Crippen molar-refractivity contribution in [3.8, 4) is 0 Å². The van der Waals surface area contributed by atoms with Gasteiger partial charge in [0, 0.05) is 6.20 Å². The molecule has 0 saturated carbocycles. The summed E-state index contributed by atoms with van der Waals surface area (Å²) in [5, 5.41) is 2.39. The first-order valence-corrected chi connectivity index (χ1v) is 3.48. The number of hydrogen-bond acceptors (Lipinski definition) is 3. The van der Waals surface area contributed by atoms with E-state index >= 15 is 0 Å². The molecule has 0 aromatic carbocycles. The van der Waals surface area contributed by atoms with Crippen LogP contribution >= 0.6 is 0 Å². The number of hydrogen-bond donors (Lipinski definition) is 1. The Balaban J connectivity index is 3.37. The molecule has 0 aromatic rings. The molecule has 1 amide bonds. The van der Waals surface area contributed by atoms with E-state index in [1.165, 1.54) is 13.3 Å². The van der Waals surface area contributed by atoms with E-state index in [0.29, 0.717) is 6.42 Å². The fourth-order valence-corrected chi connectivity index (χ4v) is 0.484. The quantitative estimate of drug-likeness (QED) is 0.650. The number of alkyl carbamates (subject to hydrolysis) is 1. The predicted octanol–water partition coefficient (Wildman–Crippen LogP) is 1.41. The maximum absolute atomic E-state index is 10.5. The molecule has 0 bridgehead atoms. The zero-order valence-electron chi connectivity index (χ0n) is 7.24. The van der Waals surface area contributed by atoms with Gasteiger partial charge in [0.1, 0.15) is 0 Å². The van der Waals surface area contributed by atoms with Crippen LogP contribution in [-0.2, 0) is 9.47 Å². The largest absolute Gasteiger partial charge is 0.505 e. The van der Waals surface area contributed by atoms with Crippen LogP contribution in [0.1, 0.15) is 6.42 Å². The third-order valence-corrected chi connectivity index (χ3v) is 1.01. The summed E-state index contributed by atoms with van der Waals surface area (Å²) in [6, 6.07) is 0. The van der Waals surface area contributed by atoms with Gasteiger partial charge in [-0.1, -0.05) is 6.08 Å². The van der Waals surface area contributed by atoms with Crippen molar-refractivity contribution in [2.75, 3.05) is 14.2 Å². The van der Waals surface area contributed by atoms with Gasteiger partial charge in [-0.15, -0.1) is 0 Å². The highest BCUT2D eigenvalue weighted by Gasteiger charge is 1.89. The first kappa shape index (κ1) is 10.6. The van der Waals surface area contributed by atoms with Crippen LogP contribution in [0.3, 0.4) is 0 Å². The van der Waals surface area contributed by atoms with Gasteiger partial charge in [-0.05, 0) is 12.5 Å². The van der Waals surface area contributed by atoms with E-state index in [1.807, 2.05) is 6.08 Å². The van der Waals surface area contributed by atoms with Crippen LogP contribution in [0, 0.1) is 0 Å². The maximum Gasteiger partial charge on any atom is 0.410 e. The molecule has 0 saturated heterocycles. The summed E-state index contributed by atoms with van der Waals surface area (Å²) in [5.41, 5.74) is 0. The number of ether oxygens (including phenoxy) is 2. The summed E-state index contributed by atoms with van der Waals surface area (Å²) >= 11 is 0. The molecular formula is C8H13NO3. The predicted molar refractivity (Wildman–Crippen MR) is 45.4 cm³/mol. The number of nitrogens with one attached hydrogen (secondary N) is 1. The third-order valence-electron chi connectivity index (χ3n) is 1.01. The van der Waals surface area contributed by atoms with E-state index in [1.54, 1.807) is 19.4 Å². The van der Waals surface area contributed by atoms with E-state index in [2.05, 4.69) is 14.8 Å². The number of carbonyl (C=O) groups excluding carboxylic acids is 1. The summed E-state index contributed by atoms with van der Waals surface area (Å²) in [7, 11) is 2.89. The van der Waals surface area contributed by atoms with Crippen molar-refractivity contribution in [3.63, 3.8) is 0 Å². The summed E-state index contributed by atoms with van der Waals surface area (Å²) in [4.78, 5) is 10.5. The van der Waals surface area contributed by atoms with Crippen molar-refractivity contribution in [2.24, 2.45) is 0 Å². The van der Waals surface area contributed by atoms with Gasteiger partial charge >= 0.3 is 6.09 Å². The molecule has 0 fully saturated rings. The van der Waals surface area contributed by atoms with E-state index in [-0.39, 0.29) is 0 Å². The Bertz CT molecular complexity index is 175. The van der Waals surface area contributed by atoms with Gasteiger partial charge in [0.05, 0.1) is 20.5 Å². The first-order valence-electron chi connectivity index (χ1n) is 3.48. The summed E-state index contributed by atoms with van der Waals surface area (Å²) in [6.45, 7) is 0. The SMILES string of the molecule is CO/C=C/C/C=C\NC(=O)OC. The van der Waals surface area contributed by atoms with Crippen molar-refractivity contribution < 1.29 is 14.3 Å². The average Bonchev–Trinajstić information content (AvgIpc) is 2.10. The summed E-state index contributed by atoms with van der Waals surface area (Å²) in [6.07, 6.45) is 6.91. The Morgan fingerprint density at radius 3 is 2.75 bits per heavy atom. The van der Waals surface area contributed by atoms with E-state index in [4.69, 9.17) is 0 Å². The molecule has 1 N–H and O–H groups in total. The van der Waals surface area contributed by atoms with Crippen molar-refractivity contribution in [3.05, 3.63) is 24.6 Å². The first-order chi connectivity index (χ1) is 5.81. The molecule has 12 heavy (non-hydrogen) atoms. The maximum atomic E-state index is 10.5. The van der Waals surface area contributed by atoms with E-state index < -0.39 is 6.09 Å². The molecule has 0 aliphatic carbocycles. The highest BCUT2D eigenvalue weighted by atomic mass is 16.5. The highest BCUT2D eigenvalue weighted by molar-refractivity contribution is 5.68. The minimum absolute atomic E-state index is 0.470. The molecule has 68 valence electrons. The Morgan fingerprint density at radius 2 is 2.17 bits per heavy atom. The third kappa shape index (κ3) is 6.67. The van der Waals surface area contributed by atoms with E-state index in [0.717, 1.165) is 0 Å². The molecule has 0 heterocycles.